The van der Waals surface area contributed by atoms with Gasteiger partial charge in [-0.2, -0.15) is 0 Å². The Bertz CT molecular complexity index is 2520. The third-order valence-corrected chi connectivity index (χ3v) is 10.3. The topological polar surface area (TPSA) is 9.86 Å². The number of aryl methyl sites for hydroxylation is 5. The summed E-state index contributed by atoms with van der Waals surface area (Å²) in [4.78, 5) is 0. The van der Waals surface area contributed by atoms with Crippen LogP contribution in [0.5, 0.6) is 0 Å². The minimum Gasteiger partial charge on any atom is -0.341 e. The van der Waals surface area contributed by atoms with Crippen LogP contribution in [0.1, 0.15) is 34.7 Å². The Morgan fingerprint density at radius 3 is 1.26 bits per heavy atom. The molecule has 0 spiro atoms. The SMILES string of the molecule is CCn1c2ccccc2c2ccccc21.Cc1ccc(C)c2c(C)c3c(Cn4c5ccccc5c5ccccc54)cccc3c(C)c12. The molecular weight excluding hydrogens is 569 g/mol. The fraction of sp³-hybridized carbons (Fsp3) is 0.156. The molecule has 2 aromatic heterocycles. The fourth-order valence-corrected chi connectivity index (χ4v) is 8.21. The first-order chi connectivity index (χ1) is 23.0. The van der Waals surface area contributed by atoms with Crippen molar-refractivity contribution in [2.45, 2.75) is 47.7 Å². The maximum atomic E-state index is 2.49. The lowest BCUT2D eigenvalue weighted by Crippen LogP contribution is -2.02. The van der Waals surface area contributed by atoms with E-state index in [9.17, 15) is 0 Å². The molecular formula is C45H40N2. The molecule has 2 nitrogen and oxygen atoms in total. The van der Waals surface area contributed by atoms with Gasteiger partial charge in [0.1, 0.15) is 0 Å². The molecule has 0 N–H and O–H groups in total. The van der Waals surface area contributed by atoms with Crippen LogP contribution >= 0.6 is 0 Å². The van der Waals surface area contributed by atoms with Crippen molar-refractivity contribution in [2.24, 2.45) is 0 Å². The number of hydrogen-bond donors (Lipinski definition) is 0. The van der Waals surface area contributed by atoms with Crippen molar-refractivity contribution in [3.05, 3.63) is 155 Å². The van der Waals surface area contributed by atoms with E-state index in [1.807, 2.05) is 0 Å². The van der Waals surface area contributed by atoms with Crippen LogP contribution < -0.4 is 0 Å². The summed E-state index contributed by atoms with van der Waals surface area (Å²) >= 11 is 0. The molecule has 0 saturated carbocycles. The maximum absolute atomic E-state index is 2.49. The Kier molecular flexibility index (Phi) is 7.10. The third-order valence-electron chi connectivity index (χ3n) is 10.3. The summed E-state index contributed by atoms with van der Waals surface area (Å²) in [5.41, 5.74) is 12.2. The number of benzene rings is 7. The maximum Gasteiger partial charge on any atom is 0.0494 e. The summed E-state index contributed by atoms with van der Waals surface area (Å²) in [6.07, 6.45) is 0. The van der Waals surface area contributed by atoms with Gasteiger partial charge in [0.25, 0.3) is 0 Å². The molecule has 0 aliphatic carbocycles. The van der Waals surface area contributed by atoms with Crippen LogP contribution in [-0.4, -0.2) is 9.13 Å². The van der Waals surface area contributed by atoms with Crippen molar-refractivity contribution < 1.29 is 0 Å². The Morgan fingerprint density at radius 1 is 0.383 bits per heavy atom. The van der Waals surface area contributed by atoms with Crippen LogP contribution in [-0.2, 0) is 13.1 Å². The summed E-state index contributed by atoms with van der Waals surface area (Å²) in [5, 5.41) is 11.0. The molecule has 0 unspecified atom stereocenters. The van der Waals surface area contributed by atoms with Gasteiger partial charge in [0, 0.05) is 56.7 Å². The number of fused-ring (bicyclic) bond motifs is 8. The first-order valence-electron chi connectivity index (χ1n) is 16.8. The Morgan fingerprint density at radius 2 is 0.787 bits per heavy atom. The van der Waals surface area contributed by atoms with Gasteiger partial charge in [0.2, 0.25) is 0 Å². The van der Waals surface area contributed by atoms with E-state index in [2.05, 4.69) is 171 Å². The van der Waals surface area contributed by atoms with Crippen molar-refractivity contribution in [3.63, 3.8) is 0 Å². The second kappa shape index (κ2) is 11.5. The van der Waals surface area contributed by atoms with Crippen molar-refractivity contribution in [3.8, 4) is 0 Å². The molecule has 0 atom stereocenters. The third kappa shape index (κ3) is 4.54. The zero-order valence-electron chi connectivity index (χ0n) is 27.9. The molecule has 0 aliphatic rings. The predicted molar refractivity (Wildman–Crippen MR) is 204 cm³/mol. The molecule has 230 valence electrons. The first-order valence-corrected chi connectivity index (χ1v) is 16.8. The van der Waals surface area contributed by atoms with Crippen molar-refractivity contribution in [1.82, 2.24) is 9.13 Å². The number of hydrogen-bond acceptors (Lipinski definition) is 0. The molecule has 9 aromatic rings. The average molecular weight is 609 g/mol. The molecule has 47 heavy (non-hydrogen) atoms. The van der Waals surface area contributed by atoms with E-state index >= 15 is 0 Å². The highest BCUT2D eigenvalue weighted by molar-refractivity contribution is 6.10. The summed E-state index contributed by atoms with van der Waals surface area (Å²) in [7, 11) is 0. The minimum absolute atomic E-state index is 0.863. The molecule has 0 radical (unpaired) electrons. The van der Waals surface area contributed by atoms with E-state index < -0.39 is 0 Å². The van der Waals surface area contributed by atoms with Gasteiger partial charge in [-0.1, -0.05) is 103 Å². The van der Waals surface area contributed by atoms with Gasteiger partial charge >= 0.3 is 0 Å². The molecule has 2 heteroatoms. The van der Waals surface area contributed by atoms with Crippen LogP contribution in [0.2, 0.25) is 0 Å². The average Bonchev–Trinajstić information content (AvgIpc) is 3.61. The molecule has 0 aliphatic heterocycles. The van der Waals surface area contributed by atoms with E-state index in [1.54, 1.807) is 0 Å². The van der Waals surface area contributed by atoms with Gasteiger partial charge < -0.3 is 9.13 Å². The second-order valence-electron chi connectivity index (χ2n) is 12.9. The standard InChI is InChI=1S/C31H27N.C14H13N/c1-19-16-17-20(2)30-22(4)31-23(10-9-13-24(31)21(3)29(19)30)18-32-27-14-7-5-11-25(27)26-12-6-8-15-28(26)32;1-2-15-13-9-5-3-7-11(13)12-8-4-6-10-14(12)15/h5-17H,18H2,1-4H3;3-10H,2H2,1H3. The summed E-state index contributed by atoms with van der Waals surface area (Å²) in [6.45, 7) is 13.2. The number of aromatic nitrogens is 2. The van der Waals surface area contributed by atoms with E-state index in [0.717, 1.165) is 13.1 Å². The van der Waals surface area contributed by atoms with Crippen molar-refractivity contribution >= 4 is 65.2 Å². The number of rotatable bonds is 3. The summed E-state index contributed by atoms with van der Waals surface area (Å²) < 4.78 is 4.85. The normalized spacial score (nSPS) is 11.7. The fourth-order valence-electron chi connectivity index (χ4n) is 8.21. The van der Waals surface area contributed by atoms with Gasteiger partial charge in [0.05, 0.1) is 0 Å². The zero-order chi connectivity index (χ0) is 32.2. The number of para-hydroxylation sites is 4. The molecule has 9 rings (SSSR count). The van der Waals surface area contributed by atoms with Gasteiger partial charge in [0.15, 0.2) is 0 Å². The van der Waals surface area contributed by atoms with Gasteiger partial charge in [-0.25, -0.2) is 0 Å². The number of nitrogens with zero attached hydrogens (tertiary/aromatic N) is 2. The van der Waals surface area contributed by atoms with E-state index in [4.69, 9.17) is 0 Å². The lowest BCUT2D eigenvalue weighted by molar-refractivity contribution is 0.827. The smallest absolute Gasteiger partial charge is 0.0494 e. The van der Waals surface area contributed by atoms with Crippen LogP contribution in [0.3, 0.4) is 0 Å². The lowest BCUT2D eigenvalue weighted by atomic mass is 9.87. The molecule has 0 amide bonds. The predicted octanol–water partition coefficient (Wildman–Crippen LogP) is 12.2. The largest absolute Gasteiger partial charge is 0.341 e. The molecule has 7 aromatic carbocycles. The van der Waals surface area contributed by atoms with Crippen molar-refractivity contribution in [2.75, 3.05) is 0 Å². The van der Waals surface area contributed by atoms with E-state index in [1.165, 1.54) is 93.0 Å². The van der Waals surface area contributed by atoms with E-state index in [-0.39, 0.29) is 0 Å². The van der Waals surface area contributed by atoms with Crippen LogP contribution in [0, 0.1) is 27.7 Å². The summed E-state index contributed by atoms with van der Waals surface area (Å²) in [5.74, 6) is 0. The van der Waals surface area contributed by atoms with Crippen LogP contribution in [0.25, 0.3) is 65.2 Å². The quantitative estimate of drug-likeness (QED) is 0.177. The highest BCUT2D eigenvalue weighted by Crippen LogP contribution is 2.38. The zero-order valence-corrected chi connectivity index (χ0v) is 27.9. The lowest BCUT2D eigenvalue weighted by Gasteiger charge is -2.19. The molecule has 0 fully saturated rings. The van der Waals surface area contributed by atoms with Gasteiger partial charge in [-0.3, -0.25) is 0 Å². The Labute approximate surface area is 276 Å². The molecule has 0 saturated heterocycles. The highest BCUT2D eigenvalue weighted by atomic mass is 15.0. The first kappa shape index (κ1) is 29.1. The summed E-state index contributed by atoms with van der Waals surface area (Å²) in [6, 6.07) is 46.1. The van der Waals surface area contributed by atoms with E-state index in [0.29, 0.717) is 0 Å². The molecule has 2 heterocycles. The second-order valence-corrected chi connectivity index (χ2v) is 12.9. The monoisotopic (exact) mass is 608 g/mol. The Hall–Kier alpha value is -5.34. The Balaban J connectivity index is 0.000000180. The van der Waals surface area contributed by atoms with Crippen LogP contribution in [0.4, 0.5) is 0 Å². The van der Waals surface area contributed by atoms with Gasteiger partial charge in [-0.05, 0) is 108 Å². The molecule has 0 bridgehead atoms. The van der Waals surface area contributed by atoms with Crippen LogP contribution in [0.15, 0.2) is 127 Å². The minimum atomic E-state index is 0.863. The van der Waals surface area contributed by atoms with Gasteiger partial charge in [-0.15, -0.1) is 0 Å². The highest BCUT2D eigenvalue weighted by Gasteiger charge is 2.17. The van der Waals surface area contributed by atoms with Crippen molar-refractivity contribution in [1.29, 1.82) is 0 Å².